The van der Waals surface area contributed by atoms with Gasteiger partial charge in [-0.3, -0.25) is 4.68 Å². The second-order valence-corrected chi connectivity index (χ2v) is 7.24. The maximum absolute atomic E-state index is 4.50. The summed E-state index contributed by atoms with van der Waals surface area (Å²) in [4.78, 5) is 0. The van der Waals surface area contributed by atoms with E-state index in [1.807, 2.05) is 0 Å². The monoisotopic (exact) mass is 339 g/mol. The van der Waals surface area contributed by atoms with Gasteiger partial charge in [0.2, 0.25) is 0 Å². The number of thiophene rings is 1. The molecule has 0 aliphatic heterocycles. The van der Waals surface area contributed by atoms with Crippen molar-refractivity contribution in [3.8, 4) is 0 Å². The van der Waals surface area contributed by atoms with E-state index in [4.69, 9.17) is 0 Å². The van der Waals surface area contributed by atoms with Gasteiger partial charge in [0, 0.05) is 30.4 Å². The number of nitrogens with one attached hydrogen (secondary N) is 1. The van der Waals surface area contributed by atoms with Crippen LogP contribution in [-0.2, 0) is 19.5 Å². The molecule has 0 spiro atoms. The Bertz CT molecular complexity index is 561. The van der Waals surface area contributed by atoms with E-state index < -0.39 is 0 Å². The van der Waals surface area contributed by atoms with E-state index in [2.05, 4.69) is 55.6 Å². The molecular formula is C14H18BrN3S. The van der Waals surface area contributed by atoms with Gasteiger partial charge in [-0.25, -0.2) is 0 Å². The van der Waals surface area contributed by atoms with Crippen molar-refractivity contribution in [2.24, 2.45) is 0 Å². The van der Waals surface area contributed by atoms with E-state index >= 15 is 0 Å². The Morgan fingerprint density at radius 3 is 3.21 bits per heavy atom. The Kier molecular flexibility index (Phi) is 4.05. The predicted molar refractivity (Wildman–Crippen MR) is 82.4 cm³/mol. The normalized spacial score (nSPS) is 18.5. The van der Waals surface area contributed by atoms with Gasteiger partial charge in [0.15, 0.2) is 0 Å². The summed E-state index contributed by atoms with van der Waals surface area (Å²) in [6.07, 6.45) is 5.70. The summed E-state index contributed by atoms with van der Waals surface area (Å²) in [5.41, 5.74) is 4.19. The van der Waals surface area contributed by atoms with Gasteiger partial charge in [-0.15, -0.1) is 11.3 Å². The molecule has 3 nitrogen and oxygen atoms in total. The number of halogens is 1. The van der Waals surface area contributed by atoms with Crippen LogP contribution in [0.5, 0.6) is 0 Å². The van der Waals surface area contributed by atoms with Crippen molar-refractivity contribution in [1.82, 2.24) is 15.1 Å². The highest BCUT2D eigenvalue weighted by molar-refractivity contribution is 9.11. The van der Waals surface area contributed by atoms with Gasteiger partial charge in [-0.2, -0.15) is 5.10 Å². The first-order valence-corrected chi connectivity index (χ1v) is 8.46. The maximum Gasteiger partial charge on any atom is 0.0701 e. The third-order valence-electron chi connectivity index (χ3n) is 3.74. The molecule has 0 fully saturated rings. The lowest BCUT2D eigenvalue weighted by atomic mass is 9.93. The van der Waals surface area contributed by atoms with Crippen LogP contribution in [0.4, 0.5) is 0 Å². The van der Waals surface area contributed by atoms with E-state index in [-0.39, 0.29) is 0 Å². The van der Waals surface area contributed by atoms with Crippen molar-refractivity contribution >= 4 is 27.3 Å². The lowest BCUT2D eigenvalue weighted by Gasteiger charge is -2.24. The first kappa shape index (κ1) is 13.3. The van der Waals surface area contributed by atoms with Crippen molar-refractivity contribution in [1.29, 1.82) is 0 Å². The zero-order valence-corrected chi connectivity index (χ0v) is 13.4. The van der Waals surface area contributed by atoms with Crippen LogP contribution in [0.3, 0.4) is 0 Å². The van der Waals surface area contributed by atoms with Crippen LogP contribution in [0, 0.1) is 0 Å². The standard InChI is InChI=1S/C14H18BrN3S/c1-2-18-13-5-3-4-12(11(13)8-17-18)16-7-10-6-14(15)19-9-10/h6,8-9,12,16H,2-5,7H2,1H3. The molecule has 0 amide bonds. The molecule has 0 radical (unpaired) electrons. The lowest BCUT2D eigenvalue weighted by Crippen LogP contribution is -2.24. The molecule has 1 atom stereocenters. The summed E-state index contributed by atoms with van der Waals surface area (Å²) in [6, 6.07) is 2.65. The average molecular weight is 340 g/mol. The number of hydrogen-bond donors (Lipinski definition) is 1. The number of hydrogen-bond acceptors (Lipinski definition) is 3. The maximum atomic E-state index is 4.50. The van der Waals surface area contributed by atoms with Crippen molar-refractivity contribution in [3.63, 3.8) is 0 Å². The van der Waals surface area contributed by atoms with Crippen LogP contribution in [0.25, 0.3) is 0 Å². The minimum absolute atomic E-state index is 0.461. The average Bonchev–Trinajstić information content (AvgIpc) is 3.02. The number of aromatic nitrogens is 2. The number of rotatable bonds is 4. The number of aryl methyl sites for hydroxylation is 1. The van der Waals surface area contributed by atoms with Crippen LogP contribution >= 0.6 is 27.3 Å². The van der Waals surface area contributed by atoms with Gasteiger partial charge in [0.25, 0.3) is 0 Å². The Morgan fingerprint density at radius 2 is 2.47 bits per heavy atom. The molecule has 102 valence electrons. The summed E-state index contributed by atoms with van der Waals surface area (Å²) < 4.78 is 3.34. The third kappa shape index (κ3) is 2.78. The second-order valence-electron chi connectivity index (χ2n) is 4.95. The van der Waals surface area contributed by atoms with E-state index in [0.29, 0.717) is 6.04 Å². The Labute approximate surface area is 126 Å². The Balaban J connectivity index is 1.71. The fraction of sp³-hybridized carbons (Fsp3) is 0.500. The molecule has 19 heavy (non-hydrogen) atoms. The van der Waals surface area contributed by atoms with Crippen LogP contribution in [0.1, 0.15) is 42.6 Å². The fourth-order valence-corrected chi connectivity index (χ4v) is 3.99. The number of fused-ring (bicyclic) bond motifs is 1. The van der Waals surface area contributed by atoms with Crippen molar-refractivity contribution < 1.29 is 0 Å². The summed E-state index contributed by atoms with van der Waals surface area (Å²) in [6.45, 7) is 4.07. The van der Waals surface area contributed by atoms with Crippen molar-refractivity contribution in [2.45, 2.75) is 45.3 Å². The van der Waals surface area contributed by atoms with E-state index in [1.165, 1.54) is 39.9 Å². The van der Waals surface area contributed by atoms with E-state index in [1.54, 1.807) is 11.3 Å². The van der Waals surface area contributed by atoms with Crippen LogP contribution in [0.15, 0.2) is 21.4 Å². The summed E-state index contributed by atoms with van der Waals surface area (Å²) in [5.74, 6) is 0. The molecule has 0 aromatic carbocycles. The lowest BCUT2D eigenvalue weighted by molar-refractivity contribution is 0.448. The Morgan fingerprint density at radius 1 is 1.58 bits per heavy atom. The quantitative estimate of drug-likeness (QED) is 0.915. The molecule has 0 bridgehead atoms. The molecule has 2 aromatic rings. The smallest absolute Gasteiger partial charge is 0.0701 e. The minimum atomic E-state index is 0.461. The van der Waals surface area contributed by atoms with E-state index in [0.717, 1.165) is 13.1 Å². The molecule has 3 rings (SSSR count). The van der Waals surface area contributed by atoms with Gasteiger partial charge in [0.05, 0.1) is 9.98 Å². The fourth-order valence-electron chi connectivity index (χ4n) is 2.78. The highest BCUT2D eigenvalue weighted by Gasteiger charge is 2.23. The van der Waals surface area contributed by atoms with Crippen LogP contribution < -0.4 is 5.32 Å². The highest BCUT2D eigenvalue weighted by Crippen LogP contribution is 2.30. The Hall–Kier alpha value is -0.650. The third-order valence-corrected chi connectivity index (χ3v) is 5.29. The van der Waals surface area contributed by atoms with Gasteiger partial charge in [-0.1, -0.05) is 0 Å². The van der Waals surface area contributed by atoms with Crippen molar-refractivity contribution in [3.05, 3.63) is 38.3 Å². The summed E-state index contributed by atoms with van der Waals surface area (Å²) in [7, 11) is 0. The van der Waals surface area contributed by atoms with Crippen LogP contribution in [-0.4, -0.2) is 9.78 Å². The largest absolute Gasteiger partial charge is 0.306 e. The topological polar surface area (TPSA) is 29.9 Å². The minimum Gasteiger partial charge on any atom is -0.306 e. The highest BCUT2D eigenvalue weighted by atomic mass is 79.9. The molecule has 0 saturated heterocycles. The SMILES string of the molecule is CCn1ncc2c1CCCC2NCc1csc(Br)c1. The summed E-state index contributed by atoms with van der Waals surface area (Å²) in [5, 5.41) is 10.4. The second kappa shape index (κ2) is 5.77. The summed E-state index contributed by atoms with van der Waals surface area (Å²) >= 11 is 5.26. The molecule has 1 aliphatic rings. The molecule has 1 N–H and O–H groups in total. The molecule has 5 heteroatoms. The van der Waals surface area contributed by atoms with Gasteiger partial charge in [-0.05, 0) is 59.1 Å². The number of nitrogens with zero attached hydrogens (tertiary/aromatic N) is 2. The first-order chi connectivity index (χ1) is 9.28. The molecular weight excluding hydrogens is 322 g/mol. The predicted octanol–water partition coefficient (Wildman–Crippen LogP) is 3.89. The zero-order chi connectivity index (χ0) is 13.2. The zero-order valence-electron chi connectivity index (χ0n) is 11.0. The molecule has 1 unspecified atom stereocenters. The molecule has 1 aliphatic carbocycles. The molecule has 0 saturated carbocycles. The van der Waals surface area contributed by atoms with Gasteiger partial charge in [0.1, 0.15) is 0 Å². The first-order valence-electron chi connectivity index (χ1n) is 6.78. The van der Waals surface area contributed by atoms with Gasteiger partial charge >= 0.3 is 0 Å². The van der Waals surface area contributed by atoms with Crippen LogP contribution in [0.2, 0.25) is 0 Å². The van der Waals surface area contributed by atoms with E-state index in [9.17, 15) is 0 Å². The van der Waals surface area contributed by atoms with Crippen molar-refractivity contribution in [2.75, 3.05) is 0 Å². The van der Waals surface area contributed by atoms with Gasteiger partial charge < -0.3 is 5.32 Å². The molecule has 2 heterocycles. The molecule has 2 aromatic heterocycles.